The number of hydrogen-bond acceptors (Lipinski definition) is 9. The minimum absolute atomic E-state index is 0.283. The number of rotatable bonds is 7. The smallest absolute Gasteiger partial charge is 0.303 e. The van der Waals surface area contributed by atoms with Crippen LogP contribution in [0.1, 0.15) is 27.7 Å². The molecular formula is C22H24BrClN2O9. The number of aromatic nitrogens is 1. The number of ether oxygens (including phenoxy) is 5. The van der Waals surface area contributed by atoms with Gasteiger partial charge in [0.15, 0.2) is 12.2 Å². The Morgan fingerprint density at radius 1 is 1.06 bits per heavy atom. The van der Waals surface area contributed by atoms with E-state index in [1.807, 2.05) is 0 Å². The molecule has 1 amide bonds. The molecule has 1 fully saturated rings. The summed E-state index contributed by atoms with van der Waals surface area (Å²) in [6, 6.07) is 2.44. The number of amides is 1. The van der Waals surface area contributed by atoms with Gasteiger partial charge in [-0.1, -0.05) is 11.6 Å². The molecule has 0 bridgehead atoms. The minimum Gasteiger partial charge on any atom is -0.463 e. The standard InChI is InChI=1S/C22H24BrClN2O9/c1-9(27)26-19-21(33-12(4)30)20(32-11(3)29)16(8-31-10(2)28)35-22(19)34-15-7-25-14-6-5-13(23)18(24)17(14)15/h5-7,16,19-22,25H,8H2,1-4H3,(H,26,27)/t16-,19-,20-,21-,22?/m1/s1. The number of H-pyrrole nitrogens is 1. The van der Waals surface area contributed by atoms with Crippen molar-refractivity contribution in [3.8, 4) is 5.75 Å². The highest BCUT2D eigenvalue weighted by molar-refractivity contribution is 9.10. The highest BCUT2D eigenvalue weighted by Gasteiger charge is 2.52. The Hall–Kier alpha value is -2.83. The second-order valence-electron chi connectivity index (χ2n) is 7.77. The van der Waals surface area contributed by atoms with Crippen LogP contribution >= 0.6 is 27.5 Å². The zero-order chi connectivity index (χ0) is 25.9. The summed E-state index contributed by atoms with van der Waals surface area (Å²) in [5, 5.41) is 3.55. The van der Waals surface area contributed by atoms with E-state index in [0.29, 0.717) is 20.4 Å². The van der Waals surface area contributed by atoms with E-state index in [4.69, 9.17) is 35.3 Å². The fourth-order valence-corrected chi connectivity index (χ4v) is 4.33. The van der Waals surface area contributed by atoms with Crippen LogP contribution < -0.4 is 10.1 Å². The molecule has 13 heteroatoms. The topological polar surface area (TPSA) is 142 Å². The van der Waals surface area contributed by atoms with Crippen molar-refractivity contribution < 1.29 is 42.9 Å². The molecule has 11 nitrogen and oxygen atoms in total. The van der Waals surface area contributed by atoms with E-state index in [2.05, 4.69) is 26.2 Å². The van der Waals surface area contributed by atoms with Gasteiger partial charge >= 0.3 is 17.9 Å². The first-order valence-corrected chi connectivity index (χ1v) is 11.7. The molecule has 0 saturated carbocycles. The van der Waals surface area contributed by atoms with Gasteiger partial charge in [0, 0.05) is 38.4 Å². The van der Waals surface area contributed by atoms with Crippen LogP contribution in [0.5, 0.6) is 5.75 Å². The van der Waals surface area contributed by atoms with Crippen molar-refractivity contribution >= 4 is 62.2 Å². The highest BCUT2D eigenvalue weighted by Crippen LogP contribution is 2.38. The van der Waals surface area contributed by atoms with Crippen LogP contribution in [0.15, 0.2) is 22.8 Å². The molecule has 1 aliphatic rings. The molecule has 2 aromatic rings. The third-order valence-electron chi connectivity index (χ3n) is 5.01. The first kappa shape index (κ1) is 26.8. The minimum atomic E-state index is -1.26. The SMILES string of the molecule is CC(=O)N[C@H]1C(Oc2c[nH]c3ccc(Br)c(Cl)c23)O[C@H](COC(C)=O)[C@@H](OC(C)=O)[C@@H]1OC(C)=O. The van der Waals surface area contributed by atoms with E-state index in [1.165, 1.54) is 20.8 Å². The Kier molecular flexibility index (Phi) is 8.62. The van der Waals surface area contributed by atoms with Crippen molar-refractivity contribution in [3.05, 3.63) is 27.8 Å². The average molecular weight is 576 g/mol. The van der Waals surface area contributed by atoms with E-state index < -0.39 is 54.5 Å². The van der Waals surface area contributed by atoms with E-state index >= 15 is 0 Å². The second kappa shape index (κ2) is 11.3. The van der Waals surface area contributed by atoms with Gasteiger partial charge in [-0.3, -0.25) is 19.2 Å². The van der Waals surface area contributed by atoms with Gasteiger partial charge in [0.1, 0.15) is 24.5 Å². The zero-order valence-electron chi connectivity index (χ0n) is 19.3. The van der Waals surface area contributed by atoms with Crippen LogP contribution in [0.25, 0.3) is 10.9 Å². The lowest BCUT2D eigenvalue weighted by Gasteiger charge is -2.44. The van der Waals surface area contributed by atoms with Crippen molar-refractivity contribution in [2.24, 2.45) is 0 Å². The number of benzene rings is 1. The summed E-state index contributed by atoms with van der Waals surface area (Å²) in [6.45, 7) is 4.45. The Balaban J connectivity index is 2.05. The Morgan fingerprint density at radius 3 is 2.31 bits per heavy atom. The third-order valence-corrected chi connectivity index (χ3v) is 6.30. The van der Waals surface area contributed by atoms with E-state index in [9.17, 15) is 19.2 Å². The molecule has 0 spiro atoms. The molecule has 1 aromatic carbocycles. The summed E-state index contributed by atoms with van der Waals surface area (Å²) in [4.78, 5) is 50.3. The predicted molar refractivity (Wildman–Crippen MR) is 126 cm³/mol. The zero-order valence-corrected chi connectivity index (χ0v) is 21.6. The number of nitrogens with one attached hydrogen (secondary N) is 2. The largest absolute Gasteiger partial charge is 0.463 e. The van der Waals surface area contributed by atoms with Crippen LogP contribution in [-0.2, 0) is 38.1 Å². The van der Waals surface area contributed by atoms with E-state index in [1.54, 1.807) is 18.3 Å². The quantitative estimate of drug-likeness (QED) is 0.376. The molecule has 2 heterocycles. The normalized spacial score (nSPS) is 23.9. The van der Waals surface area contributed by atoms with Crippen molar-refractivity contribution in [2.45, 2.75) is 58.3 Å². The molecule has 0 radical (unpaired) electrons. The lowest BCUT2D eigenvalue weighted by molar-refractivity contribution is -0.256. The molecule has 3 rings (SSSR count). The number of aromatic amines is 1. The number of carbonyl (C=O) groups is 4. The van der Waals surface area contributed by atoms with Gasteiger partial charge in [-0.15, -0.1) is 0 Å². The number of halogens is 2. The van der Waals surface area contributed by atoms with Crippen molar-refractivity contribution in [2.75, 3.05) is 6.61 Å². The maximum absolute atomic E-state index is 12.1. The molecule has 5 atom stereocenters. The van der Waals surface area contributed by atoms with Gasteiger partial charge in [-0.25, -0.2) is 0 Å². The van der Waals surface area contributed by atoms with Crippen LogP contribution in [0.3, 0.4) is 0 Å². The molecule has 2 N–H and O–H groups in total. The number of fused-ring (bicyclic) bond motifs is 1. The monoisotopic (exact) mass is 574 g/mol. The molecule has 190 valence electrons. The fourth-order valence-electron chi connectivity index (χ4n) is 3.74. The van der Waals surface area contributed by atoms with Gasteiger partial charge in [-0.2, -0.15) is 0 Å². The fraction of sp³-hybridized carbons (Fsp3) is 0.455. The lowest BCUT2D eigenvalue weighted by Crippen LogP contribution is -2.67. The summed E-state index contributed by atoms with van der Waals surface area (Å²) in [6.07, 6.45) is -3.24. The van der Waals surface area contributed by atoms with Crippen LogP contribution in [0.4, 0.5) is 0 Å². The predicted octanol–water partition coefficient (Wildman–Crippen LogP) is 2.62. The van der Waals surface area contributed by atoms with E-state index in [-0.39, 0.29) is 12.4 Å². The van der Waals surface area contributed by atoms with Gasteiger partial charge in [0.25, 0.3) is 0 Å². The second-order valence-corrected chi connectivity index (χ2v) is 9.01. The number of carbonyl (C=O) groups excluding carboxylic acids is 4. The molecule has 35 heavy (non-hydrogen) atoms. The molecule has 1 aromatic heterocycles. The molecule has 0 aliphatic carbocycles. The van der Waals surface area contributed by atoms with Crippen molar-refractivity contribution in [1.82, 2.24) is 10.3 Å². The first-order chi connectivity index (χ1) is 16.5. The van der Waals surface area contributed by atoms with Gasteiger partial charge in [0.2, 0.25) is 12.2 Å². The third kappa shape index (κ3) is 6.44. The summed E-state index contributed by atoms with van der Waals surface area (Å²) in [5.41, 5.74) is 0.672. The maximum Gasteiger partial charge on any atom is 0.303 e. The average Bonchev–Trinajstić information content (AvgIpc) is 3.16. The van der Waals surface area contributed by atoms with Gasteiger partial charge in [0.05, 0.1) is 15.9 Å². The Bertz CT molecular complexity index is 1140. The highest BCUT2D eigenvalue weighted by atomic mass is 79.9. The van der Waals surface area contributed by atoms with Crippen molar-refractivity contribution in [1.29, 1.82) is 0 Å². The van der Waals surface area contributed by atoms with Crippen LogP contribution in [0, 0.1) is 0 Å². The molecule has 1 aliphatic heterocycles. The number of esters is 3. The molecule has 1 saturated heterocycles. The van der Waals surface area contributed by atoms with Crippen molar-refractivity contribution in [3.63, 3.8) is 0 Å². The summed E-state index contributed by atoms with van der Waals surface area (Å²) in [7, 11) is 0. The summed E-state index contributed by atoms with van der Waals surface area (Å²) >= 11 is 9.83. The number of hydrogen-bond donors (Lipinski definition) is 2. The molecule has 1 unspecified atom stereocenters. The molecular weight excluding hydrogens is 552 g/mol. The maximum atomic E-state index is 12.1. The summed E-state index contributed by atoms with van der Waals surface area (Å²) < 4.78 is 28.7. The lowest BCUT2D eigenvalue weighted by atomic mass is 9.96. The van der Waals surface area contributed by atoms with Gasteiger partial charge in [-0.05, 0) is 28.1 Å². The first-order valence-electron chi connectivity index (χ1n) is 10.5. The van der Waals surface area contributed by atoms with Crippen LogP contribution in [0.2, 0.25) is 5.02 Å². The summed E-state index contributed by atoms with van der Waals surface area (Å²) in [5.74, 6) is -2.20. The Labute approximate surface area is 213 Å². The Morgan fingerprint density at radius 2 is 1.71 bits per heavy atom. The van der Waals surface area contributed by atoms with Gasteiger partial charge < -0.3 is 34.0 Å². The van der Waals surface area contributed by atoms with E-state index in [0.717, 1.165) is 6.92 Å². The van der Waals surface area contributed by atoms with Crippen LogP contribution in [-0.4, -0.2) is 66.0 Å².